The molecule has 0 spiro atoms. The standard InChI is InChI=1S/C22H22/c1-15-10-11-20(16(2)14-15)22-13-12-21(17(3)18(22)4)19-8-6-5-7-9-19/h5-14H,1-4H3. The molecule has 0 fully saturated rings. The highest BCUT2D eigenvalue weighted by atomic mass is 14.1. The van der Waals surface area contributed by atoms with E-state index in [0.29, 0.717) is 0 Å². The zero-order valence-corrected chi connectivity index (χ0v) is 13.8. The summed E-state index contributed by atoms with van der Waals surface area (Å²) in [5, 5.41) is 0. The lowest BCUT2D eigenvalue weighted by Crippen LogP contribution is -1.93. The van der Waals surface area contributed by atoms with Gasteiger partial charge in [0.2, 0.25) is 0 Å². The molecule has 0 heterocycles. The van der Waals surface area contributed by atoms with Crippen LogP contribution in [0.4, 0.5) is 0 Å². The normalized spacial score (nSPS) is 10.7. The highest BCUT2D eigenvalue weighted by molar-refractivity contribution is 5.78. The van der Waals surface area contributed by atoms with Crippen molar-refractivity contribution in [3.8, 4) is 22.3 Å². The van der Waals surface area contributed by atoms with E-state index < -0.39 is 0 Å². The Kier molecular flexibility index (Phi) is 3.85. The number of rotatable bonds is 2. The highest BCUT2D eigenvalue weighted by Gasteiger charge is 2.11. The van der Waals surface area contributed by atoms with Crippen molar-refractivity contribution in [1.82, 2.24) is 0 Å². The molecule has 0 unspecified atom stereocenters. The number of hydrogen-bond acceptors (Lipinski definition) is 0. The Bertz CT molecular complexity index is 811. The SMILES string of the molecule is Cc1ccc(-c2ccc(-c3ccccc3)c(C)c2C)c(C)c1. The van der Waals surface area contributed by atoms with E-state index in [9.17, 15) is 0 Å². The van der Waals surface area contributed by atoms with Gasteiger partial charge in [-0.15, -0.1) is 0 Å². The largest absolute Gasteiger partial charge is 0.0622 e. The quantitative estimate of drug-likeness (QED) is 0.522. The lowest BCUT2D eigenvalue weighted by Gasteiger charge is -2.16. The minimum Gasteiger partial charge on any atom is -0.0622 e. The van der Waals surface area contributed by atoms with Crippen molar-refractivity contribution in [1.29, 1.82) is 0 Å². The second-order valence-electron chi connectivity index (χ2n) is 6.10. The summed E-state index contributed by atoms with van der Waals surface area (Å²) in [7, 11) is 0. The molecule has 3 rings (SSSR count). The average molecular weight is 286 g/mol. The molecule has 0 atom stereocenters. The second kappa shape index (κ2) is 5.81. The Morgan fingerprint density at radius 3 is 1.82 bits per heavy atom. The van der Waals surface area contributed by atoms with Crippen molar-refractivity contribution in [2.45, 2.75) is 27.7 Å². The van der Waals surface area contributed by atoms with Gasteiger partial charge in [0.25, 0.3) is 0 Å². The van der Waals surface area contributed by atoms with Crippen LogP contribution in [-0.4, -0.2) is 0 Å². The third kappa shape index (κ3) is 2.57. The Hall–Kier alpha value is -2.34. The van der Waals surface area contributed by atoms with Gasteiger partial charge in [-0.3, -0.25) is 0 Å². The summed E-state index contributed by atoms with van der Waals surface area (Å²) in [6, 6.07) is 21.8. The predicted molar refractivity (Wildman–Crippen MR) is 96.3 cm³/mol. The molecule has 0 aliphatic heterocycles. The van der Waals surface area contributed by atoms with Crippen LogP contribution >= 0.6 is 0 Å². The molecule has 0 amide bonds. The third-order valence-corrected chi connectivity index (χ3v) is 4.54. The van der Waals surface area contributed by atoms with Gasteiger partial charge in [0, 0.05) is 0 Å². The average Bonchev–Trinajstić information content (AvgIpc) is 2.52. The number of aryl methyl sites for hydroxylation is 2. The van der Waals surface area contributed by atoms with Crippen molar-refractivity contribution in [3.05, 3.63) is 82.9 Å². The van der Waals surface area contributed by atoms with E-state index in [0.717, 1.165) is 0 Å². The van der Waals surface area contributed by atoms with E-state index in [-0.39, 0.29) is 0 Å². The van der Waals surface area contributed by atoms with E-state index in [1.165, 1.54) is 44.5 Å². The first kappa shape index (κ1) is 14.6. The minimum atomic E-state index is 1.29. The van der Waals surface area contributed by atoms with Crippen LogP contribution < -0.4 is 0 Å². The van der Waals surface area contributed by atoms with Crippen molar-refractivity contribution < 1.29 is 0 Å². The molecule has 0 N–H and O–H groups in total. The molecule has 0 saturated carbocycles. The fraction of sp³-hybridized carbons (Fsp3) is 0.182. The smallest absolute Gasteiger partial charge is 0.0149 e. The van der Waals surface area contributed by atoms with Crippen LogP contribution in [0.5, 0.6) is 0 Å². The fourth-order valence-electron chi connectivity index (χ4n) is 3.16. The van der Waals surface area contributed by atoms with Gasteiger partial charge >= 0.3 is 0 Å². The Balaban J connectivity index is 2.15. The maximum atomic E-state index is 2.27. The lowest BCUT2D eigenvalue weighted by molar-refractivity contribution is 1.32. The van der Waals surface area contributed by atoms with E-state index in [1.807, 2.05) is 0 Å². The van der Waals surface area contributed by atoms with Crippen LogP contribution in [0.1, 0.15) is 22.3 Å². The van der Waals surface area contributed by atoms with Gasteiger partial charge in [0.15, 0.2) is 0 Å². The molecule has 3 aromatic carbocycles. The van der Waals surface area contributed by atoms with Crippen LogP contribution in [0.3, 0.4) is 0 Å². The van der Waals surface area contributed by atoms with Crippen LogP contribution in [0.25, 0.3) is 22.3 Å². The van der Waals surface area contributed by atoms with Crippen LogP contribution in [0.2, 0.25) is 0 Å². The van der Waals surface area contributed by atoms with Gasteiger partial charge in [-0.25, -0.2) is 0 Å². The van der Waals surface area contributed by atoms with Crippen molar-refractivity contribution in [2.75, 3.05) is 0 Å². The van der Waals surface area contributed by atoms with E-state index in [4.69, 9.17) is 0 Å². The van der Waals surface area contributed by atoms with E-state index in [1.54, 1.807) is 0 Å². The summed E-state index contributed by atoms with van der Waals surface area (Å²) in [5.41, 5.74) is 10.7. The predicted octanol–water partition coefficient (Wildman–Crippen LogP) is 6.25. The summed E-state index contributed by atoms with van der Waals surface area (Å²) >= 11 is 0. The number of benzene rings is 3. The Morgan fingerprint density at radius 1 is 0.545 bits per heavy atom. The summed E-state index contributed by atoms with van der Waals surface area (Å²) < 4.78 is 0. The monoisotopic (exact) mass is 286 g/mol. The molecule has 0 bridgehead atoms. The van der Waals surface area contributed by atoms with Gasteiger partial charge in [-0.1, -0.05) is 66.2 Å². The summed E-state index contributed by atoms with van der Waals surface area (Å²) in [6.45, 7) is 8.80. The van der Waals surface area contributed by atoms with Gasteiger partial charge < -0.3 is 0 Å². The first-order chi connectivity index (χ1) is 10.6. The van der Waals surface area contributed by atoms with Gasteiger partial charge in [-0.2, -0.15) is 0 Å². The van der Waals surface area contributed by atoms with Crippen LogP contribution in [-0.2, 0) is 0 Å². The fourth-order valence-corrected chi connectivity index (χ4v) is 3.16. The first-order valence-electron chi connectivity index (χ1n) is 7.81. The van der Waals surface area contributed by atoms with Gasteiger partial charge in [0.05, 0.1) is 0 Å². The van der Waals surface area contributed by atoms with Crippen molar-refractivity contribution in [3.63, 3.8) is 0 Å². The van der Waals surface area contributed by atoms with Crippen LogP contribution in [0, 0.1) is 27.7 Å². The maximum absolute atomic E-state index is 2.27. The molecule has 0 nitrogen and oxygen atoms in total. The molecular weight excluding hydrogens is 264 g/mol. The minimum absolute atomic E-state index is 1.29. The Morgan fingerprint density at radius 2 is 1.14 bits per heavy atom. The molecule has 0 saturated heterocycles. The van der Waals surface area contributed by atoms with Gasteiger partial charge in [0.1, 0.15) is 0 Å². The molecule has 0 radical (unpaired) electrons. The van der Waals surface area contributed by atoms with E-state index in [2.05, 4.69) is 88.4 Å². The molecule has 3 aromatic rings. The highest BCUT2D eigenvalue weighted by Crippen LogP contribution is 2.34. The third-order valence-electron chi connectivity index (χ3n) is 4.54. The Labute approximate surface area is 133 Å². The van der Waals surface area contributed by atoms with Crippen molar-refractivity contribution >= 4 is 0 Å². The van der Waals surface area contributed by atoms with Gasteiger partial charge in [-0.05, 0) is 66.6 Å². The molecule has 0 aliphatic carbocycles. The lowest BCUT2D eigenvalue weighted by atomic mass is 9.89. The van der Waals surface area contributed by atoms with Crippen LogP contribution in [0.15, 0.2) is 60.7 Å². The second-order valence-corrected chi connectivity index (χ2v) is 6.10. The summed E-state index contributed by atoms with van der Waals surface area (Å²) in [5.74, 6) is 0. The topological polar surface area (TPSA) is 0 Å². The molecule has 22 heavy (non-hydrogen) atoms. The summed E-state index contributed by atoms with van der Waals surface area (Å²) in [6.07, 6.45) is 0. The molecular formula is C22H22. The first-order valence-corrected chi connectivity index (χ1v) is 7.81. The molecule has 0 heteroatoms. The summed E-state index contributed by atoms with van der Waals surface area (Å²) in [4.78, 5) is 0. The zero-order valence-electron chi connectivity index (χ0n) is 13.8. The van der Waals surface area contributed by atoms with E-state index >= 15 is 0 Å². The molecule has 0 aliphatic rings. The maximum Gasteiger partial charge on any atom is -0.0149 e. The molecule has 0 aromatic heterocycles. The zero-order chi connectivity index (χ0) is 15.7. The molecule has 110 valence electrons. The van der Waals surface area contributed by atoms with Crippen molar-refractivity contribution in [2.24, 2.45) is 0 Å². The number of hydrogen-bond donors (Lipinski definition) is 0.